The fraction of sp³-hybridized carbons (Fsp3) is 0.571. The van der Waals surface area contributed by atoms with Crippen molar-refractivity contribution >= 4 is 12.9 Å². The third kappa shape index (κ3) is 1.44. The highest BCUT2D eigenvalue weighted by Gasteiger charge is 2.10. The van der Waals surface area contributed by atoms with Gasteiger partial charge in [-0.2, -0.15) is 0 Å². The number of nitrogens with zero attached hydrogens (tertiary/aromatic N) is 1. The maximum absolute atomic E-state index is 4.19. The largest absolute Gasteiger partial charge is 0.277 e. The molecule has 1 heterocycles. The molecule has 0 bridgehead atoms. The van der Waals surface area contributed by atoms with Gasteiger partial charge in [-0.1, -0.05) is 19.3 Å². The van der Waals surface area contributed by atoms with Crippen LogP contribution in [0.25, 0.3) is 0 Å². The van der Waals surface area contributed by atoms with Gasteiger partial charge in [0.1, 0.15) is 0 Å². The molecule has 0 saturated heterocycles. The Balaban J connectivity index is 2.54. The number of hydrogen-bond acceptors (Lipinski definition) is 1. The highest BCUT2D eigenvalue weighted by atomic mass is 14.7. The van der Waals surface area contributed by atoms with Crippen molar-refractivity contribution in [1.29, 1.82) is 0 Å². The summed E-state index contributed by atoms with van der Waals surface area (Å²) >= 11 is 0. The number of hydrogen-bond donors (Lipinski definition) is 0. The molecule has 1 nitrogen and oxygen atoms in total. The van der Waals surface area contributed by atoms with Crippen molar-refractivity contribution in [2.45, 2.75) is 20.8 Å². The lowest BCUT2D eigenvalue weighted by Crippen LogP contribution is -2.06. The van der Waals surface area contributed by atoms with E-state index in [0.29, 0.717) is 5.92 Å². The molecule has 0 unspecified atom stereocenters. The van der Waals surface area contributed by atoms with Gasteiger partial charge in [-0.3, -0.25) is 4.99 Å². The summed E-state index contributed by atoms with van der Waals surface area (Å²) in [5.74, 6) is 0.672. The minimum Gasteiger partial charge on any atom is -0.277 e. The summed E-state index contributed by atoms with van der Waals surface area (Å²) in [5.41, 5.74) is 2.71. The normalized spacial score (nSPS) is 17.3. The second kappa shape index (κ2) is 2.38. The first-order chi connectivity index (χ1) is 4.20. The van der Waals surface area contributed by atoms with Crippen LogP contribution in [0.5, 0.6) is 0 Å². The van der Waals surface area contributed by atoms with E-state index >= 15 is 0 Å². The number of rotatable bonds is 1. The predicted octanol–water partition coefficient (Wildman–Crippen LogP) is 1.35. The lowest BCUT2D eigenvalue weighted by molar-refractivity contribution is 0.810. The zero-order chi connectivity index (χ0) is 6.85. The van der Waals surface area contributed by atoms with E-state index in [9.17, 15) is 0 Å². The molecule has 0 aromatic carbocycles. The molecule has 0 aromatic heterocycles. The molecule has 0 atom stereocenters. The Hall–Kier alpha value is -0.525. The topological polar surface area (TPSA) is 12.4 Å². The van der Waals surface area contributed by atoms with E-state index in [1.807, 2.05) is 6.20 Å². The molecule has 0 aliphatic carbocycles. The molecule has 48 valence electrons. The maximum Gasteiger partial charge on any atom is 0.207 e. The van der Waals surface area contributed by atoms with Crippen molar-refractivity contribution < 1.29 is 0 Å². The van der Waals surface area contributed by atoms with E-state index in [0.717, 1.165) is 7.28 Å². The zero-order valence-electron chi connectivity index (χ0n) is 6.31. The van der Waals surface area contributed by atoms with Gasteiger partial charge in [0.05, 0.1) is 0 Å². The fourth-order valence-electron chi connectivity index (χ4n) is 0.933. The minimum atomic E-state index is 0.672. The number of aliphatic imine (C=N–C) groups is 1. The lowest BCUT2D eigenvalue weighted by atomic mass is 9.63. The van der Waals surface area contributed by atoms with E-state index in [2.05, 4.69) is 25.8 Å². The molecule has 1 aliphatic rings. The first-order valence-electron chi connectivity index (χ1n) is 3.42. The molecule has 0 spiro atoms. The van der Waals surface area contributed by atoms with Gasteiger partial charge in [-0.15, -0.1) is 0 Å². The van der Waals surface area contributed by atoms with Crippen molar-refractivity contribution in [2.75, 3.05) is 0 Å². The molecular formula is C7H12BN. The standard InChI is InChI=1S/C7H12BN/c1-5(2)7-4-9-6(3)8-7/h4-5,8H,1-3H3. The molecule has 1 rings (SSSR count). The Labute approximate surface area is 57.1 Å². The lowest BCUT2D eigenvalue weighted by Gasteiger charge is -2.01. The molecule has 0 aromatic rings. The SMILES string of the molecule is CC1=NC=C(C(C)C)B1. The van der Waals surface area contributed by atoms with Crippen LogP contribution in [0.4, 0.5) is 0 Å². The van der Waals surface area contributed by atoms with Crippen LogP contribution >= 0.6 is 0 Å². The first kappa shape index (κ1) is 6.59. The molecule has 0 radical (unpaired) electrons. The van der Waals surface area contributed by atoms with E-state index < -0.39 is 0 Å². The Kier molecular flexibility index (Phi) is 1.74. The van der Waals surface area contributed by atoms with Gasteiger partial charge >= 0.3 is 0 Å². The van der Waals surface area contributed by atoms with Crippen molar-refractivity contribution in [3.8, 4) is 0 Å². The van der Waals surface area contributed by atoms with Crippen molar-refractivity contribution in [2.24, 2.45) is 10.9 Å². The van der Waals surface area contributed by atoms with Crippen LogP contribution in [0.2, 0.25) is 0 Å². The summed E-state index contributed by atoms with van der Waals surface area (Å²) in [6, 6.07) is 0. The Morgan fingerprint density at radius 1 is 1.56 bits per heavy atom. The van der Waals surface area contributed by atoms with Crippen molar-refractivity contribution in [3.05, 3.63) is 11.7 Å². The summed E-state index contributed by atoms with van der Waals surface area (Å²) in [6.45, 7) is 6.49. The van der Waals surface area contributed by atoms with Crippen LogP contribution in [0.3, 0.4) is 0 Å². The Morgan fingerprint density at radius 2 is 2.22 bits per heavy atom. The average Bonchev–Trinajstić information content (AvgIpc) is 2.14. The van der Waals surface area contributed by atoms with E-state index in [1.54, 1.807) is 0 Å². The first-order valence-corrected chi connectivity index (χ1v) is 3.42. The van der Waals surface area contributed by atoms with Gasteiger partial charge in [0.15, 0.2) is 0 Å². The van der Waals surface area contributed by atoms with Crippen molar-refractivity contribution in [1.82, 2.24) is 0 Å². The van der Waals surface area contributed by atoms with Gasteiger partial charge in [-0.25, -0.2) is 0 Å². The molecular weight excluding hydrogens is 109 g/mol. The molecule has 0 N–H and O–H groups in total. The second-order valence-electron chi connectivity index (χ2n) is 2.90. The Morgan fingerprint density at radius 3 is 2.44 bits per heavy atom. The van der Waals surface area contributed by atoms with Crippen LogP contribution < -0.4 is 0 Å². The van der Waals surface area contributed by atoms with Crippen LogP contribution in [0.1, 0.15) is 20.8 Å². The summed E-state index contributed by atoms with van der Waals surface area (Å²) in [6.07, 6.45) is 2.00. The average molecular weight is 121 g/mol. The van der Waals surface area contributed by atoms with Gasteiger partial charge in [-0.05, 0) is 18.5 Å². The van der Waals surface area contributed by atoms with Crippen molar-refractivity contribution in [3.63, 3.8) is 0 Å². The van der Waals surface area contributed by atoms with Gasteiger partial charge < -0.3 is 0 Å². The van der Waals surface area contributed by atoms with Gasteiger partial charge in [0.2, 0.25) is 7.28 Å². The number of allylic oxidation sites excluding steroid dienone is 1. The Bertz CT molecular complexity index is 168. The predicted molar refractivity (Wildman–Crippen MR) is 43.2 cm³/mol. The molecule has 9 heavy (non-hydrogen) atoms. The highest BCUT2D eigenvalue weighted by molar-refractivity contribution is 6.81. The van der Waals surface area contributed by atoms with Gasteiger partial charge in [0, 0.05) is 6.20 Å². The fourth-order valence-corrected chi connectivity index (χ4v) is 0.933. The van der Waals surface area contributed by atoms with E-state index in [4.69, 9.17) is 0 Å². The summed E-state index contributed by atoms with van der Waals surface area (Å²) < 4.78 is 0. The quantitative estimate of drug-likeness (QED) is 0.464. The monoisotopic (exact) mass is 121 g/mol. The highest BCUT2D eigenvalue weighted by Crippen LogP contribution is 2.12. The second-order valence-corrected chi connectivity index (χ2v) is 2.90. The van der Waals surface area contributed by atoms with Gasteiger partial charge in [0.25, 0.3) is 0 Å². The van der Waals surface area contributed by atoms with Crippen LogP contribution in [0.15, 0.2) is 16.7 Å². The van der Waals surface area contributed by atoms with Crippen LogP contribution in [-0.2, 0) is 0 Å². The third-order valence-corrected chi connectivity index (χ3v) is 1.65. The van der Waals surface area contributed by atoms with E-state index in [1.165, 1.54) is 11.1 Å². The molecule has 0 fully saturated rings. The zero-order valence-corrected chi connectivity index (χ0v) is 6.31. The van der Waals surface area contributed by atoms with E-state index in [-0.39, 0.29) is 0 Å². The van der Waals surface area contributed by atoms with Crippen LogP contribution in [-0.4, -0.2) is 12.9 Å². The minimum absolute atomic E-state index is 0.672. The third-order valence-electron chi connectivity index (χ3n) is 1.65. The summed E-state index contributed by atoms with van der Waals surface area (Å²) in [4.78, 5) is 4.19. The smallest absolute Gasteiger partial charge is 0.207 e. The molecule has 2 heteroatoms. The summed E-state index contributed by atoms with van der Waals surface area (Å²) in [5, 5.41) is 0. The summed E-state index contributed by atoms with van der Waals surface area (Å²) in [7, 11) is 1.09. The molecule has 1 aliphatic heterocycles. The van der Waals surface area contributed by atoms with Crippen LogP contribution in [0, 0.1) is 5.92 Å². The maximum atomic E-state index is 4.19. The molecule has 0 saturated carbocycles. The molecule has 0 amide bonds.